The number of hydrogen-bond donors (Lipinski definition) is 0. The largest absolute Gasteiger partial charge is 0.455 e. The highest BCUT2D eigenvalue weighted by Crippen LogP contribution is 2.45. The quantitative estimate of drug-likeness (QED) is 0.540. The van der Waals surface area contributed by atoms with E-state index in [0.717, 1.165) is 0 Å². The van der Waals surface area contributed by atoms with Crippen LogP contribution in [0.1, 0.15) is 0 Å². The van der Waals surface area contributed by atoms with Crippen molar-refractivity contribution in [3.8, 4) is 0 Å². The molecule has 0 aromatic carbocycles. The van der Waals surface area contributed by atoms with Crippen molar-refractivity contribution in [3.63, 3.8) is 0 Å². The summed E-state index contributed by atoms with van der Waals surface area (Å²) >= 11 is 0. The van der Waals surface area contributed by atoms with Crippen molar-refractivity contribution >= 4 is 28.7 Å². The molecule has 0 saturated heterocycles. The Hall–Kier alpha value is -3.85. The van der Waals surface area contributed by atoms with E-state index >= 15 is 0 Å². The zero-order chi connectivity index (χ0) is 16.5. The molecular weight excluding hydrogens is 304 g/mol. The van der Waals surface area contributed by atoms with Gasteiger partial charge in [-0.15, -0.1) is 0 Å². The average Bonchev–Trinajstić information content (AvgIpc) is 2.34. The third-order valence-electron chi connectivity index (χ3n) is 1.98. The van der Waals surface area contributed by atoms with Gasteiger partial charge in [-0.3, -0.25) is 30.3 Å². The summed E-state index contributed by atoms with van der Waals surface area (Å²) < 4.78 is 0. The number of nitrogens with zero attached hydrogens (tertiary/aromatic N) is 6. The summed E-state index contributed by atoms with van der Waals surface area (Å²) in [5, 5.41) is 53.2. The average molecular weight is 304 g/mol. The minimum absolute atomic E-state index is 1.60. The van der Waals surface area contributed by atoms with E-state index in [2.05, 4.69) is 4.98 Å². The first kappa shape index (κ1) is 15.2. The Morgan fingerprint density at radius 3 is 1.00 bits per heavy atom. The monoisotopic (exact) mass is 304 g/mol. The molecule has 0 aliphatic heterocycles. The van der Waals surface area contributed by atoms with Gasteiger partial charge in [-0.1, -0.05) is 0 Å². The molecule has 110 valence electrons. The minimum Gasteiger partial charge on any atom is -0.358 e. The van der Waals surface area contributed by atoms with E-state index in [1.807, 2.05) is 0 Å². The van der Waals surface area contributed by atoms with Gasteiger partial charge < -0.3 is 20.2 Å². The predicted octanol–water partition coefficient (Wildman–Crippen LogP) is 0.623. The third-order valence-corrected chi connectivity index (χ3v) is 1.98. The molecule has 0 radical (unpaired) electrons. The minimum atomic E-state index is -1.99. The maximum atomic E-state index is 10.7. The van der Waals surface area contributed by atoms with Crippen LogP contribution in [0.4, 0.5) is 28.7 Å². The second-order valence-corrected chi connectivity index (χ2v) is 3.09. The maximum Gasteiger partial charge on any atom is 0.455 e. The highest BCUT2D eigenvalue weighted by atomic mass is 16.7. The van der Waals surface area contributed by atoms with Gasteiger partial charge in [-0.2, -0.15) is 0 Å². The molecular formula is C5N6O10. The van der Waals surface area contributed by atoms with Gasteiger partial charge in [0.05, 0.1) is 14.8 Å². The van der Waals surface area contributed by atoms with Crippen LogP contribution in [0, 0.1) is 50.6 Å². The SMILES string of the molecule is O=[N+]([O-])c1nc([N+](=O)[O-])c([N+](=O)[O-])c([N+](=O)[O-])c1[N+](=O)[O-]. The number of pyridine rings is 1. The molecule has 0 N–H and O–H groups in total. The Bertz CT molecular complexity index is 660. The van der Waals surface area contributed by atoms with E-state index in [9.17, 15) is 50.6 Å². The molecule has 0 bridgehead atoms. The van der Waals surface area contributed by atoms with E-state index < -0.39 is 53.3 Å². The van der Waals surface area contributed by atoms with Gasteiger partial charge in [0, 0.05) is 4.98 Å². The summed E-state index contributed by atoms with van der Waals surface area (Å²) in [6, 6.07) is 0. The Balaban J connectivity index is 4.13. The molecule has 1 heterocycles. The molecule has 21 heavy (non-hydrogen) atoms. The summed E-state index contributed by atoms with van der Waals surface area (Å²) in [5.41, 5.74) is -5.82. The van der Waals surface area contributed by atoms with E-state index in [1.165, 1.54) is 0 Å². The van der Waals surface area contributed by atoms with Crippen molar-refractivity contribution in [1.29, 1.82) is 0 Å². The van der Waals surface area contributed by atoms with Crippen molar-refractivity contribution < 1.29 is 24.6 Å². The van der Waals surface area contributed by atoms with Crippen LogP contribution in [0.25, 0.3) is 0 Å². The Morgan fingerprint density at radius 2 is 0.810 bits per heavy atom. The van der Waals surface area contributed by atoms with Crippen LogP contribution in [0.2, 0.25) is 0 Å². The third kappa shape index (κ3) is 2.47. The van der Waals surface area contributed by atoms with Crippen molar-refractivity contribution in [1.82, 2.24) is 4.98 Å². The number of hydrogen-bond acceptors (Lipinski definition) is 11. The number of aromatic nitrogens is 1. The van der Waals surface area contributed by atoms with Gasteiger partial charge in [0.1, 0.15) is 0 Å². The van der Waals surface area contributed by atoms with Crippen LogP contribution < -0.4 is 0 Å². The molecule has 16 heteroatoms. The van der Waals surface area contributed by atoms with Gasteiger partial charge in [0.2, 0.25) is 0 Å². The lowest BCUT2D eigenvalue weighted by molar-refractivity contribution is -0.463. The molecule has 16 nitrogen and oxygen atoms in total. The first-order valence-electron chi connectivity index (χ1n) is 4.39. The summed E-state index contributed by atoms with van der Waals surface area (Å²) in [7, 11) is 0. The van der Waals surface area contributed by atoms with Crippen LogP contribution in [0.5, 0.6) is 0 Å². The molecule has 0 amide bonds. The zero-order valence-electron chi connectivity index (χ0n) is 9.27. The Morgan fingerprint density at radius 1 is 0.524 bits per heavy atom. The van der Waals surface area contributed by atoms with Crippen LogP contribution in [-0.2, 0) is 0 Å². The van der Waals surface area contributed by atoms with Crippen LogP contribution in [0.15, 0.2) is 0 Å². The van der Waals surface area contributed by atoms with E-state index in [-0.39, 0.29) is 0 Å². The van der Waals surface area contributed by atoms with Crippen LogP contribution >= 0.6 is 0 Å². The maximum absolute atomic E-state index is 10.7. The molecule has 0 unspecified atom stereocenters. The summed E-state index contributed by atoms with van der Waals surface area (Å²) in [5.74, 6) is -3.69. The molecule has 1 rings (SSSR count). The molecule has 0 aliphatic rings. The second kappa shape index (κ2) is 5.03. The molecule has 0 aliphatic carbocycles. The summed E-state index contributed by atoms with van der Waals surface area (Å²) in [6.45, 7) is 0. The fourth-order valence-electron chi connectivity index (χ4n) is 1.29. The van der Waals surface area contributed by atoms with Gasteiger partial charge in [0.25, 0.3) is 0 Å². The Kier molecular flexibility index (Phi) is 3.64. The first-order chi connectivity index (χ1) is 9.59. The number of rotatable bonds is 5. The highest BCUT2D eigenvalue weighted by molar-refractivity contribution is 5.77. The van der Waals surface area contributed by atoms with E-state index in [4.69, 9.17) is 0 Å². The summed E-state index contributed by atoms with van der Waals surface area (Å²) in [4.78, 5) is 47.6. The highest BCUT2D eigenvalue weighted by Gasteiger charge is 2.52. The van der Waals surface area contributed by atoms with Gasteiger partial charge >= 0.3 is 28.7 Å². The normalized spacial score (nSPS) is 9.90. The van der Waals surface area contributed by atoms with Crippen molar-refractivity contribution in [3.05, 3.63) is 50.6 Å². The van der Waals surface area contributed by atoms with E-state index in [0.29, 0.717) is 0 Å². The van der Waals surface area contributed by atoms with Crippen molar-refractivity contribution in [2.75, 3.05) is 0 Å². The lowest BCUT2D eigenvalue weighted by Crippen LogP contribution is -2.09. The van der Waals surface area contributed by atoms with Crippen molar-refractivity contribution in [2.24, 2.45) is 0 Å². The van der Waals surface area contributed by atoms with Crippen LogP contribution in [-0.4, -0.2) is 29.6 Å². The molecule has 0 saturated carbocycles. The van der Waals surface area contributed by atoms with E-state index in [1.54, 1.807) is 0 Å². The Labute approximate surface area is 110 Å². The summed E-state index contributed by atoms with van der Waals surface area (Å²) in [6.07, 6.45) is 0. The van der Waals surface area contributed by atoms with Crippen molar-refractivity contribution in [2.45, 2.75) is 0 Å². The fourth-order valence-corrected chi connectivity index (χ4v) is 1.29. The molecule has 1 aromatic heterocycles. The smallest absolute Gasteiger partial charge is 0.358 e. The topological polar surface area (TPSA) is 229 Å². The molecule has 0 fully saturated rings. The second-order valence-electron chi connectivity index (χ2n) is 3.09. The fraction of sp³-hybridized carbons (Fsp3) is 0. The predicted molar refractivity (Wildman–Crippen MR) is 57.5 cm³/mol. The van der Waals surface area contributed by atoms with Crippen LogP contribution in [0.3, 0.4) is 0 Å². The van der Waals surface area contributed by atoms with Gasteiger partial charge in [-0.25, -0.2) is 0 Å². The first-order valence-corrected chi connectivity index (χ1v) is 4.39. The van der Waals surface area contributed by atoms with Gasteiger partial charge in [-0.05, 0) is 9.85 Å². The zero-order valence-corrected chi connectivity index (χ0v) is 9.27. The van der Waals surface area contributed by atoms with Gasteiger partial charge in [0.15, 0.2) is 0 Å². The molecule has 0 spiro atoms. The lowest BCUT2D eigenvalue weighted by atomic mass is 10.2. The molecule has 1 aromatic rings. The lowest BCUT2D eigenvalue weighted by Gasteiger charge is -1.99. The number of nitro groups is 5. The standard InChI is InChI=1S/C5N6O10/c12-7(13)1-2(8(14)15)4(10(18)19)6-5(11(20)21)3(1)9(16)17. The molecule has 0 atom stereocenters.